The van der Waals surface area contributed by atoms with Crippen LogP contribution in [0.15, 0.2) is 30.3 Å². The van der Waals surface area contributed by atoms with Crippen LogP contribution in [-0.4, -0.2) is 25.7 Å². The molecule has 0 unspecified atom stereocenters. The molecule has 3 heteroatoms. The van der Waals surface area contributed by atoms with E-state index in [0.29, 0.717) is 19.0 Å². The molecule has 0 aromatic heterocycles. The molecule has 0 amide bonds. The van der Waals surface area contributed by atoms with Gasteiger partial charge in [0.2, 0.25) is 0 Å². The van der Waals surface area contributed by atoms with Gasteiger partial charge in [-0.2, -0.15) is 0 Å². The molecule has 16 heavy (non-hydrogen) atoms. The predicted octanol–water partition coefficient (Wildman–Crippen LogP) is 1.77. The summed E-state index contributed by atoms with van der Waals surface area (Å²) in [7, 11) is 1.41. The zero-order valence-electron chi connectivity index (χ0n) is 9.90. The number of carbonyl (C=O) groups is 1. The third-order valence-electron chi connectivity index (χ3n) is 2.43. The number of nitrogens with one attached hydrogen (secondary N) is 1. The van der Waals surface area contributed by atoms with Crippen LogP contribution < -0.4 is 5.32 Å². The SMILES string of the molecule is COC(=O)CCN[C@@H](C)Cc1ccccc1. The highest BCUT2D eigenvalue weighted by molar-refractivity contribution is 5.69. The van der Waals surface area contributed by atoms with E-state index in [9.17, 15) is 4.79 Å². The Morgan fingerprint density at radius 2 is 2.06 bits per heavy atom. The molecule has 0 heterocycles. The number of ether oxygens (including phenoxy) is 1. The maximum atomic E-state index is 10.9. The van der Waals surface area contributed by atoms with E-state index in [0.717, 1.165) is 6.42 Å². The van der Waals surface area contributed by atoms with Crippen LogP contribution in [0.1, 0.15) is 18.9 Å². The average Bonchev–Trinajstić information content (AvgIpc) is 2.30. The Labute approximate surface area is 96.8 Å². The standard InChI is InChI=1S/C13H19NO2/c1-11(14-9-8-13(15)16-2)10-12-6-4-3-5-7-12/h3-7,11,14H,8-10H2,1-2H3/t11-/m0/s1. The van der Waals surface area contributed by atoms with Crippen molar-refractivity contribution in [2.24, 2.45) is 0 Å². The Morgan fingerprint density at radius 3 is 2.69 bits per heavy atom. The van der Waals surface area contributed by atoms with E-state index in [-0.39, 0.29) is 5.97 Å². The molecule has 88 valence electrons. The molecule has 1 N–H and O–H groups in total. The molecule has 0 saturated heterocycles. The first-order chi connectivity index (χ1) is 7.72. The summed E-state index contributed by atoms with van der Waals surface area (Å²) in [6, 6.07) is 10.7. The van der Waals surface area contributed by atoms with Crippen molar-refractivity contribution >= 4 is 5.97 Å². The molecule has 0 saturated carbocycles. The fourth-order valence-electron chi connectivity index (χ4n) is 1.56. The molecule has 1 aromatic carbocycles. The third-order valence-corrected chi connectivity index (χ3v) is 2.43. The highest BCUT2D eigenvalue weighted by atomic mass is 16.5. The quantitative estimate of drug-likeness (QED) is 0.744. The Morgan fingerprint density at radius 1 is 1.38 bits per heavy atom. The van der Waals surface area contributed by atoms with Crippen molar-refractivity contribution in [1.29, 1.82) is 0 Å². The van der Waals surface area contributed by atoms with E-state index >= 15 is 0 Å². The van der Waals surface area contributed by atoms with Crippen LogP contribution in [-0.2, 0) is 16.0 Å². The van der Waals surface area contributed by atoms with Crippen LogP contribution in [0.5, 0.6) is 0 Å². The van der Waals surface area contributed by atoms with Crippen LogP contribution in [0.4, 0.5) is 0 Å². The largest absolute Gasteiger partial charge is 0.469 e. The first-order valence-corrected chi connectivity index (χ1v) is 5.56. The van der Waals surface area contributed by atoms with Crippen LogP contribution in [0.3, 0.4) is 0 Å². The van der Waals surface area contributed by atoms with E-state index in [2.05, 4.69) is 29.1 Å². The lowest BCUT2D eigenvalue weighted by molar-refractivity contribution is -0.140. The first kappa shape index (κ1) is 12.7. The second-order valence-electron chi connectivity index (χ2n) is 3.87. The van der Waals surface area contributed by atoms with Crippen molar-refractivity contribution in [3.63, 3.8) is 0 Å². The molecule has 0 bridgehead atoms. The zero-order valence-corrected chi connectivity index (χ0v) is 9.90. The van der Waals surface area contributed by atoms with Crippen LogP contribution in [0.2, 0.25) is 0 Å². The van der Waals surface area contributed by atoms with Gasteiger partial charge in [-0.25, -0.2) is 0 Å². The van der Waals surface area contributed by atoms with Crippen LogP contribution in [0, 0.1) is 0 Å². The number of methoxy groups -OCH3 is 1. The minimum atomic E-state index is -0.167. The van der Waals surface area contributed by atoms with Crippen LogP contribution >= 0.6 is 0 Å². The number of hydrogen-bond donors (Lipinski definition) is 1. The maximum Gasteiger partial charge on any atom is 0.306 e. The Bertz CT molecular complexity index is 311. The van der Waals surface area contributed by atoms with Gasteiger partial charge in [-0.05, 0) is 18.9 Å². The van der Waals surface area contributed by atoms with Gasteiger partial charge in [0, 0.05) is 12.6 Å². The number of carbonyl (C=O) groups excluding carboxylic acids is 1. The van der Waals surface area contributed by atoms with Gasteiger partial charge in [0.25, 0.3) is 0 Å². The minimum Gasteiger partial charge on any atom is -0.469 e. The van der Waals surface area contributed by atoms with Crippen molar-refractivity contribution in [3.8, 4) is 0 Å². The monoisotopic (exact) mass is 221 g/mol. The molecule has 1 atom stereocenters. The summed E-state index contributed by atoms with van der Waals surface area (Å²) >= 11 is 0. The highest BCUT2D eigenvalue weighted by Gasteiger charge is 2.04. The van der Waals surface area contributed by atoms with E-state index in [4.69, 9.17) is 0 Å². The third kappa shape index (κ3) is 4.94. The molecule has 1 rings (SSSR count). The number of rotatable bonds is 6. The topological polar surface area (TPSA) is 38.3 Å². The van der Waals surface area contributed by atoms with Gasteiger partial charge < -0.3 is 10.1 Å². The summed E-state index contributed by atoms with van der Waals surface area (Å²) in [5.41, 5.74) is 1.31. The van der Waals surface area contributed by atoms with Gasteiger partial charge in [-0.1, -0.05) is 30.3 Å². The minimum absolute atomic E-state index is 0.167. The van der Waals surface area contributed by atoms with Gasteiger partial charge >= 0.3 is 5.97 Å². The number of benzene rings is 1. The van der Waals surface area contributed by atoms with Crippen molar-refractivity contribution in [3.05, 3.63) is 35.9 Å². The fraction of sp³-hybridized carbons (Fsp3) is 0.462. The van der Waals surface area contributed by atoms with E-state index < -0.39 is 0 Å². The number of hydrogen-bond acceptors (Lipinski definition) is 3. The smallest absolute Gasteiger partial charge is 0.306 e. The van der Waals surface area contributed by atoms with E-state index in [1.165, 1.54) is 12.7 Å². The molecular formula is C13H19NO2. The molecule has 1 aromatic rings. The fourth-order valence-corrected chi connectivity index (χ4v) is 1.56. The zero-order chi connectivity index (χ0) is 11.8. The van der Waals surface area contributed by atoms with Gasteiger partial charge in [0.15, 0.2) is 0 Å². The highest BCUT2D eigenvalue weighted by Crippen LogP contribution is 2.02. The average molecular weight is 221 g/mol. The van der Waals surface area contributed by atoms with E-state index in [1.807, 2.05) is 18.2 Å². The van der Waals surface area contributed by atoms with Crippen molar-refractivity contribution in [2.75, 3.05) is 13.7 Å². The second-order valence-corrected chi connectivity index (χ2v) is 3.87. The Hall–Kier alpha value is -1.35. The second kappa shape index (κ2) is 7.01. The van der Waals surface area contributed by atoms with Gasteiger partial charge in [0.1, 0.15) is 0 Å². The molecule has 0 aliphatic rings. The molecule has 3 nitrogen and oxygen atoms in total. The Kier molecular flexibility index (Phi) is 5.57. The molecule has 0 fully saturated rings. The lowest BCUT2D eigenvalue weighted by atomic mass is 10.1. The molecule has 0 radical (unpaired) electrons. The van der Waals surface area contributed by atoms with Crippen LogP contribution in [0.25, 0.3) is 0 Å². The summed E-state index contributed by atoms with van der Waals surface area (Å²) in [5.74, 6) is -0.167. The normalized spacial score (nSPS) is 12.1. The molecule has 0 aliphatic carbocycles. The lowest BCUT2D eigenvalue weighted by Crippen LogP contribution is -2.30. The van der Waals surface area contributed by atoms with Crippen molar-refractivity contribution < 1.29 is 9.53 Å². The predicted molar refractivity (Wildman–Crippen MR) is 64.2 cm³/mol. The summed E-state index contributed by atoms with van der Waals surface area (Å²) in [6.45, 7) is 2.78. The Balaban J connectivity index is 2.21. The first-order valence-electron chi connectivity index (χ1n) is 5.56. The summed E-state index contributed by atoms with van der Waals surface area (Å²) in [5, 5.41) is 3.30. The molecule has 0 aliphatic heterocycles. The van der Waals surface area contributed by atoms with Crippen molar-refractivity contribution in [1.82, 2.24) is 5.32 Å². The van der Waals surface area contributed by atoms with E-state index in [1.54, 1.807) is 0 Å². The van der Waals surface area contributed by atoms with Gasteiger partial charge in [-0.3, -0.25) is 4.79 Å². The summed E-state index contributed by atoms with van der Waals surface area (Å²) in [4.78, 5) is 10.9. The van der Waals surface area contributed by atoms with Gasteiger partial charge in [0.05, 0.1) is 13.5 Å². The maximum absolute atomic E-state index is 10.9. The number of esters is 1. The lowest BCUT2D eigenvalue weighted by Gasteiger charge is -2.13. The van der Waals surface area contributed by atoms with Gasteiger partial charge in [-0.15, -0.1) is 0 Å². The summed E-state index contributed by atoms with van der Waals surface area (Å²) < 4.78 is 4.57. The molecule has 0 spiro atoms. The van der Waals surface area contributed by atoms with Crippen molar-refractivity contribution in [2.45, 2.75) is 25.8 Å². The summed E-state index contributed by atoms with van der Waals surface area (Å²) in [6.07, 6.45) is 1.40. The molecular weight excluding hydrogens is 202 g/mol.